The van der Waals surface area contributed by atoms with Gasteiger partial charge in [0.25, 0.3) is 0 Å². The SMILES string of the molecule is Cc1cccc(OCCNS(=O)(=O)c2ccc(C(C)C)cc2)c1C. The Morgan fingerprint density at radius 3 is 2.33 bits per heavy atom. The van der Waals surface area contributed by atoms with Crippen molar-refractivity contribution in [3.8, 4) is 5.75 Å². The van der Waals surface area contributed by atoms with Crippen LogP contribution in [0.5, 0.6) is 5.75 Å². The fourth-order valence-electron chi connectivity index (χ4n) is 2.33. The highest BCUT2D eigenvalue weighted by atomic mass is 32.2. The van der Waals surface area contributed by atoms with Crippen LogP contribution in [0.3, 0.4) is 0 Å². The molecule has 0 aromatic heterocycles. The molecule has 0 aliphatic carbocycles. The lowest BCUT2D eigenvalue weighted by Gasteiger charge is -2.12. The predicted octanol–water partition coefficient (Wildman–Crippen LogP) is 3.78. The largest absolute Gasteiger partial charge is 0.492 e. The first-order valence-electron chi connectivity index (χ1n) is 8.10. The Morgan fingerprint density at radius 2 is 1.71 bits per heavy atom. The maximum Gasteiger partial charge on any atom is 0.240 e. The highest BCUT2D eigenvalue weighted by Gasteiger charge is 2.13. The summed E-state index contributed by atoms with van der Waals surface area (Å²) >= 11 is 0. The van der Waals surface area contributed by atoms with Gasteiger partial charge in [-0.1, -0.05) is 38.1 Å². The molecule has 0 radical (unpaired) electrons. The molecule has 0 saturated heterocycles. The van der Waals surface area contributed by atoms with Crippen LogP contribution in [0.4, 0.5) is 0 Å². The van der Waals surface area contributed by atoms with Crippen LogP contribution < -0.4 is 9.46 Å². The molecule has 2 aromatic carbocycles. The van der Waals surface area contributed by atoms with Crippen LogP contribution in [0.15, 0.2) is 47.4 Å². The second-order valence-corrected chi connectivity index (χ2v) is 7.93. The van der Waals surface area contributed by atoms with E-state index in [1.807, 2.05) is 44.2 Å². The van der Waals surface area contributed by atoms with Gasteiger partial charge in [0.1, 0.15) is 12.4 Å². The van der Waals surface area contributed by atoms with Gasteiger partial charge in [-0.3, -0.25) is 0 Å². The zero-order valence-electron chi connectivity index (χ0n) is 14.7. The molecule has 130 valence electrons. The molecule has 0 bridgehead atoms. The third kappa shape index (κ3) is 4.58. The first kappa shape index (κ1) is 18.5. The molecule has 5 heteroatoms. The maximum atomic E-state index is 12.3. The number of nitrogens with one attached hydrogen (secondary N) is 1. The van der Waals surface area contributed by atoms with Crippen molar-refractivity contribution >= 4 is 10.0 Å². The highest BCUT2D eigenvalue weighted by Crippen LogP contribution is 2.20. The average molecular weight is 347 g/mol. The Morgan fingerprint density at radius 1 is 1.04 bits per heavy atom. The van der Waals surface area contributed by atoms with Gasteiger partial charge in [-0.25, -0.2) is 13.1 Å². The number of hydrogen-bond acceptors (Lipinski definition) is 3. The molecule has 0 spiro atoms. The van der Waals surface area contributed by atoms with E-state index in [-0.39, 0.29) is 18.0 Å². The average Bonchev–Trinajstić information content (AvgIpc) is 2.55. The zero-order valence-corrected chi connectivity index (χ0v) is 15.5. The number of rotatable bonds is 7. The van der Waals surface area contributed by atoms with E-state index in [0.29, 0.717) is 5.92 Å². The fourth-order valence-corrected chi connectivity index (χ4v) is 3.35. The summed E-state index contributed by atoms with van der Waals surface area (Å²) < 4.78 is 32.8. The van der Waals surface area contributed by atoms with E-state index in [0.717, 1.165) is 22.4 Å². The van der Waals surface area contributed by atoms with Gasteiger partial charge in [0.15, 0.2) is 0 Å². The normalized spacial score (nSPS) is 11.7. The lowest BCUT2D eigenvalue weighted by Crippen LogP contribution is -2.28. The molecule has 0 saturated carbocycles. The summed E-state index contributed by atoms with van der Waals surface area (Å²) in [7, 11) is -3.51. The summed E-state index contributed by atoms with van der Waals surface area (Å²) in [5.41, 5.74) is 3.34. The Hall–Kier alpha value is -1.85. The molecular weight excluding hydrogens is 322 g/mol. The van der Waals surface area contributed by atoms with Crippen LogP contribution in [0.2, 0.25) is 0 Å². The van der Waals surface area contributed by atoms with E-state index < -0.39 is 10.0 Å². The van der Waals surface area contributed by atoms with Crippen LogP contribution >= 0.6 is 0 Å². The molecule has 1 N–H and O–H groups in total. The summed E-state index contributed by atoms with van der Waals surface area (Å²) in [4.78, 5) is 0.277. The van der Waals surface area contributed by atoms with Gasteiger partial charge >= 0.3 is 0 Å². The quantitative estimate of drug-likeness (QED) is 0.776. The van der Waals surface area contributed by atoms with Gasteiger partial charge in [-0.05, 0) is 54.7 Å². The van der Waals surface area contributed by atoms with Crippen LogP contribution in [0.25, 0.3) is 0 Å². The number of ether oxygens (including phenoxy) is 1. The standard InChI is InChI=1S/C19H25NO3S/c1-14(2)17-8-10-18(11-9-17)24(21,22)20-12-13-23-19-7-5-6-15(3)16(19)4/h5-11,14,20H,12-13H2,1-4H3. The van der Waals surface area contributed by atoms with Gasteiger partial charge in [0, 0.05) is 6.54 Å². The molecule has 2 aromatic rings. The summed E-state index contributed by atoms with van der Waals surface area (Å²) in [5, 5.41) is 0. The number of sulfonamides is 1. The van der Waals surface area contributed by atoms with Crippen LogP contribution in [0, 0.1) is 13.8 Å². The molecule has 0 aliphatic heterocycles. The van der Waals surface area contributed by atoms with Crippen molar-refractivity contribution in [2.45, 2.75) is 38.5 Å². The second kappa shape index (κ2) is 7.81. The lowest BCUT2D eigenvalue weighted by atomic mass is 10.0. The molecular formula is C19H25NO3S. The zero-order chi connectivity index (χ0) is 17.7. The topological polar surface area (TPSA) is 55.4 Å². The van der Waals surface area contributed by atoms with E-state index in [1.165, 1.54) is 0 Å². The molecule has 4 nitrogen and oxygen atoms in total. The Balaban J connectivity index is 1.92. The Bertz CT molecular complexity index is 781. The minimum Gasteiger partial charge on any atom is -0.492 e. The van der Waals surface area contributed by atoms with Crippen LogP contribution in [-0.4, -0.2) is 21.6 Å². The third-order valence-electron chi connectivity index (χ3n) is 4.06. The summed E-state index contributed by atoms with van der Waals surface area (Å²) in [6.07, 6.45) is 0. The van der Waals surface area contributed by atoms with Crippen molar-refractivity contribution in [2.24, 2.45) is 0 Å². The van der Waals surface area contributed by atoms with Crippen molar-refractivity contribution in [1.29, 1.82) is 0 Å². The van der Waals surface area contributed by atoms with Crippen molar-refractivity contribution < 1.29 is 13.2 Å². The first-order chi connectivity index (χ1) is 11.3. The van der Waals surface area contributed by atoms with Gasteiger partial charge in [-0.2, -0.15) is 0 Å². The smallest absolute Gasteiger partial charge is 0.240 e. The Labute approximate surface area is 144 Å². The molecule has 0 unspecified atom stereocenters. The van der Waals surface area contributed by atoms with E-state index in [9.17, 15) is 8.42 Å². The predicted molar refractivity (Wildman–Crippen MR) is 97.1 cm³/mol. The van der Waals surface area contributed by atoms with E-state index >= 15 is 0 Å². The fraction of sp³-hybridized carbons (Fsp3) is 0.368. The number of benzene rings is 2. The minimum absolute atomic E-state index is 0.224. The molecule has 2 rings (SSSR count). The molecule has 0 atom stereocenters. The van der Waals surface area contributed by atoms with Crippen molar-refractivity contribution in [1.82, 2.24) is 4.72 Å². The van der Waals surface area contributed by atoms with Crippen LogP contribution in [0.1, 0.15) is 36.5 Å². The van der Waals surface area contributed by atoms with Gasteiger partial charge in [0.2, 0.25) is 10.0 Å². The summed E-state index contributed by atoms with van der Waals surface area (Å²) in [6, 6.07) is 12.8. The number of hydrogen-bond donors (Lipinski definition) is 1. The van der Waals surface area contributed by atoms with E-state index in [1.54, 1.807) is 12.1 Å². The van der Waals surface area contributed by atoms with Gasteiger partial charge < -0.3 is 4.74 Å². The third-order valence-corrected chi connectivity index (χ3v) is 5.54. The number of aryl methyl sites for hydroxylation is 1. The molecule has 0 heterocycles. The first-order valence-corrected chi connectivity index (χ1v) is 9.58. The highest BCUT2D eigenvalue weighted by molar-refractivity contribution is 7.89. The maximum absolute atomic E-state index is 12.3. The van der Waals surface area contributed by atoms with Crippen molar-refractivity contribution in [3.63, 3.8) is 0 Å². The van der Waals surface area contributed by atoms with Gasteiger partial charge in [-0.15, -0.1) is 0 Å². The van der Waals surface area contributed by atoms with Crippen molar-refractivity contribution in [3.05, 3.63) is 59.2 Å². The molecule has 0 amide bonds. The van der Waals surface area contributed by atoms with E-state index in [4.69, 9.17) is 4.74 Å². The lowest BCUT2D eigenvalue weighted by molar-refractivity contribution is 0.320. The molecule has 24 heavy (non-hydrogen) atoms. The molecule has 0 fully saturated rings. The molecule has 0 aliphatic rings. The summed E-state index contributed by atoms with van der Waals surface area (Å²) in [5.74, 6) is 1.16. The van der Waals surface area contributed by atoms with E-state index in [2.05, 4.69) is 18.6 Å². The Kier molecular flexibility index (Phi) is 6.02. The monoisotopic (exact) mass is 347 g/mol. The second-order valence-electron chi connectivity index (χ2n) is 6.17. The van der Waals surface area contributed by atoms with Crippen LogP contribution in [-0.2, 0) is 10.0 Å². The van der Waals surface area contributed by atoms with Gasteiger partial charge in [0.05, 0.1) is 4.90 Å². The van der Waals surface area contributed by atoms with Crippen molar-refractivity contribution in [2.75, 3.05) is 13.2 Å². The summed E-state index contributed by atoms with van der Waals surface area (Å²) in [6.45, 7) is 8.67. The minimum atomic E-state index is -3.51.